The van der Waals surface area contributed by atoms with Crippen LogP contribution in [0.2, 0.25) is 0 Å². The third kappa shape index (κ3) is 1.93. The number of hydrogen-bond donors (Lipinski definition) is 0. The quantitative estimate of drug-likeness (QED) is 0.660. The molecule has 0 atom stereocenters. The van der Waals surface area contributed by atoms with Gasteiger partial charge in [-0.25, -0.2) is 15.0 Å². The van der Waals surface area contributed by atoms with Gasteiger partial charge in [0.1, 0.15) is 0 Å². The van der Waals surface area contributed by atoms with Gasteiger partial charge in [-0.1, -0.05) is 24.3 Å². The molecule has 98 valence electrons. The molecule has 0 unspecified atom stereocenters. The molecule has 0 bridgehead atoms. The van der Waals surface area contributed by atoms with Gasteiger partial charge in [-0.2, -0.15) is 0 Å². The Morgan fingerprint density at radius 2 is 1.40 bits per heavy atom. The highest BCUT2D eigenvalue weighted by atomic mass is 16.1. The van der Waals surface area contributed by atoms with Crippen LogP contribution in [0.4, 0.5) is 5.95 Å². The van der Waals surface area contributed by atoms with E-state index >= 15 is 0 Å². The van der Waals surface area contributed by atoms with Gasteiger partial charge in [-0.05, 0) is 19.9 Å². The lowest BCUT2D eigenvalue weighted by Crippen LogP contribution is -2.31. The zero-order valence-corrected chi connectivity index (χ0v) is 11.0. The van der Waals surface area contributed by atoms with Crippen molar-refractivity contribution in [1.82, 2.24) is 9.97 Å². The van der Waals surface area contributed by atoms with E-state index in [1.807, 2.05) is 13.8 Å². The van der Waals surface area contributed by atoms with Crippen LogP contribution in [-0.4, -0.2) is 9.97 Å². The van der Waals surface area contributed by atoms with Crippen LogP contribution in [0.5, 0.6) is 0 Å². The van der Waals surface area contributed by atoms with Crippen LogP contribution >= 0.6 is 0 Å². The Kier molecular flexibility index (Phi) is 2.75. The van der Waals surface area contributed by atoms with Crippen molar-refractivity contribution in [2.24, 2.45) is 4.99 Å². The first-order chi connectivity index (χ1) is 9.56. The molecule has 0 amide bonds. The van der Waals surface area contributed by atoms with Gasteiger partial charge in [0.2, 0.25) is 10.9 Å². The molecule has 0 N–H and O–H groups in total. The number of fused-ring (bicyclic) bond motifs is 1. The van der Waals surface area contributed by atoms with Gasteiger partial charge in [-0.15, -0.1) is 0 Å². The average Bonchev–Trinajstić information content (AvgIpc) is 2.64. The van der Waals surface area contributed by atoms with Crippen LogP contribution in [0.15, 0.2) is 44.9 Å². The number of aryl methyl sites for hydroxylation is 2. The van der Waals surface area contributed by atoms with Crippen LogP contribution in [0, 0.1) is 13.8 Å². The molecule has 0 fully saturated rings. The summed E-state index contributed by atoms with van der Waals surface area (Å²) in [5.74, 6) is 0.145. The maximum absolute atomic E-state index is 12.2. The third-order valence-electron chi connectivity index (χ3n) is 3.03. The number of benzene rings is 1. The van der Waals surface area contributed by atoms with Crippen LogP contribution in [0.1, 0.15) is 11.4 Å². The van der Waals surface area contributed by atoms with Gasteiger partial charge < -0.3 is 0 Å². The van der Waals surface area contributed by atoms with Crippen molar-refractivity contribution in [1.29, 1.82) is 0 Å². The molecule has 3 aromatic rings. The second kappa shape index (κ2) is 4.45. The summed E-state index contributed by atoms with van der Waals surface area (Å²) in [4.78, 5) is 36.7. The van der Waals surface area contributed by atoms with Crippen molar-refractivity contribution < 1.29 is 0 Å². The number of rotatable bonds is 1. The fraction of sp³-hybridized carbons (Fsp3) is 0.133. The molecular formula is C15H11N3O2. The smallest absolute Gasteiger partial charge is 0.250 e. The van der Waals surface area contributed by atoms with Crippen molar-refractivity contribution in [3.63, 3.8) is 0 Å². The lowest BCUT2D eigenvalue weighted by atomic mass is 10.2. The van der Waals surface area contributed by atoms with Crippen LogP contribution in [-0.2, 0) is 0 Å². The number of aromatic nitrogens is 2. The summed E-state index contributed by atoms with van der Waals surface area (Å²) >= 11 is 0. The molecule has 1 heterocycles. The Hall–Kier alpha value is -2.69. The fourth-order valence-electron chi connectivity index (χ4n) is 2.20. The minimum Gasteiger partial charge on any atom is -0.287 e. The highest BCUT2D eigenvalue weighted by molar-refractivity contribution is 5.83. The fourth-order valence-corrected chi connectivity index (χ4v) is 2.20. The molecule has 20 heavy (non-hydrogen) atoms. The predicted octanol–water partition coefficient (Wildman–Crippen LogP) is 1.08. The predicted molar refractivity (Wildman–Crippen MR) is 75.6 cm³/mol. The Morgan fingerprint density at radius 1 is 0.900 bits per heavy atom. The van der Waals surface area contributed by atoms with Gasteiger partial charge in [0, 0.05) is 22.2 Å². The molecule has 1 aromatic heterocycles. The number of hydrogen-bond acceptors (Lipinski definition) is 5. The summed E-state index contributed by atoms with van der Waals surface area (Å²) in [5, 5.41) is 0.664. The Balaban J connectivity index is 2.37. The topological polar surface area (TPSA) is 72.3 Å². The Bertz CT molecular complexity index is 897. The van der Waals surface area contributed by atoms with Crippen molar-refractivity contribution in [3.05, 3.63) is 67.5 Å². The van der Waals surface area contributed by atoms with E-state index in [9.17, 15) is 9.59 Å². The number of nitrogens with zero attached hydrogens (tertiary/aromatic N) is 3. The van der Waals surface area contributed by atoms with Gasteiger partial charge in [0.25, 0.3) is 5.95 Å². The van der Waals surface area contributed by atoms with Crippen molar-refractivity contribution in [2.75, 3.05) is 0 Å². The molecule has 3 rings (SSSR count). The van der Waals surface area contributed by atoms with Crippen molar-refractivity contribution in [2.45, 2.75) is 13.8 Å². The first-order valence-corrected chi connectivity index (χ1v) is 6.15. The average molecular weight is 265 g/mol. The summed E-state index contributed by atoms with van der Waals surface area (Å²) in [6.45, 7) is 3.62. The lowest BCUT2D eigenvalue weighted by molar-refractivity contribution is 1.02. The molecule has 0 radical (unpaired) electrons. The SMILES string of the molecule is Cc1cc(C)nc(N=c2c(=O)c3ccccc3c2=O)n1. The van der Waals surface area contributed by atoms with E-state index in [4.69, 9.17) is 0 Å². The first-order valence-electron chi connectivity index (χ1n) is 6.15. The molecule has 5 heteroatoms. The van der Waals surface area contributed by atoms with E-state index in [2.05, 4.69) is 15.0 Å². The van der Waals surface area contributed by atoms with Gasteiger partial charge in [0.05, 0.1) is 0 Å². The van der Waals surface area contributed by atoms with Crippen LogP contribution in [0.25, 0.3) is 10.8 Å². The zero-order valence-electron chi connectivity index (χ0n) is 11.0. The maximum Gasteiger partial charge on any atom is 0.250 e. The van der Waals surface area contributed by atoms with Crippen LogP contribution < -0.4 is 16.2 Å². The molecule has 0 aliphatic rings. The largest absolute Gasteiger partial charge is 0.287 e. The Labute approximate surface area is 114 Å². The zero-order chi connectivity index (χ0) is 14.3. The highest BCUT2D eigenvalue weighted by Gasteiger charge is 2.10. The van der Waals surface area contributed by atoms with Gasteiger partial charge in [-0.3, -0.25) is 9.59 Å². The summed E-state index contributed by atoms with van der Waals surface area (Å²) in [7, 11) is 0. The normalized spacial score (nSPS) is 10.9. The standard InChI is InChI=1S/C15H11N3O2/c1-8-7-9(2)17-15(16-8)18-12-13(19)10-5-3-4-6-11(10)14(12)20/h3-7H,1-2H3. The minimum atomic E-state index is -0.367. The summed E-state index contributed by atoms with van der Waals surface area (Å²) in [5.41, 5.74) is 0.751. The molecule has 0 spiro atoms. The van der Waals surface area contributed by atoms with Gasteiger partial charge in [0.15, 0.2) is 5.36 Å². The molecule has 0 aliphatic carbocycles. The van der Waals surface area contributed by atoms with Crippen molar-refractivity contribution in [3.8, 4) is 0 Å². The van der Waals surface area contributed by atoms with E-state index in [-0.39, 0.29) is 22.2 Å². The molecule has 0 aliphatic heterocycles. The first kappa shape index (κ1) is 12.3. The monoisotopic (exact) mass is 265 g/mol. The van der Waals surface area contributed by atoms with E-state index in [0.717, 1.165) is 11.4 Å². The lowest BCUT2D eigenvalue weighted by Gasteiger charge is -1.96. The molecule has 0 saturated heterocycles. The minimum absolute atomic E-state index is 0.115. The van der Waals surface area contributed by atoms with E-state index in [0.29, 0.717) is 10.8 Å². The van der Waals surface area contributed by atoms with Gasteiger partial charge >= 0.3 is 0 Å². The Morgan fingerprint density at radius 3 is 1.90 bits per heavy atom. The summed E-state index contributed by atoms with van der Waals surface area (Å²) in [6, 6.07) is 8.50. The van der Waals surface area contributed by atoms with Crippen LogP contribution in [0.3, 0.4) is 0 Å². The highest BCUT2D eigenvalue weighted by Crippen LogP contribution is 2.06. The molecule has 2 aromatic carbocycles. The third-order valence-corrected chi connectivity index (χ3v) is 3.03. The summed E-state index contributed by atoms with van der Waals surface area (Å²) < 4.78 is 0. The van der Waals surface area contributed by atoms with E-state index in [1.165, 1.54) is 0 Å². The van der Waals surface area contributed by atoms with Crippen molar-refractivity contribution >= 4 is 16.7 Å². The maximum atomic E-state index is 12.2. The molecule has 0 saturated carbocycles. The molecular weight excluding hydrogens is 254 g/mol. The second-order valence-electron chi connectivity index (χ2n) is 4.61. The van der Waals surface area contributed by atoms with E-state index in [1.54, 1.807) is 30.3 Å². The second-order valence-corrected chi connectivity index (χ2v) is 4.61. The molecule has 5 nitrogen and oxygen atoms in total. The summed E-state index contributed by atoms with van der Waals surface area (Å²) in [6.07, 6.45) is 0. The van der Waals surface area contributed by atoms with E-state index < -0.39 is 0 Å².